The van der Waals surface area contributed by atoms with Gasteiger partial charge in [-0.2, -0.15) is 4.98 Å². The lowest BCUT2D eigenvalue weighted by Gasteiger charge is -2.27. The first-order chi connectivity index (χ1) is 15.5. The standard InChI is InChI=1S/C25H32N6O/c1-4-31(30(2)3)24(32)18-12-10-17(11-13-18)19-14-15-22-21(16-19)23(29-25(26)28-22)27-20-8-6-5-7-9-20/h10-16,20H,4-9H2,1-3H3,(H3,26,27,28,29). The highest BCUT2D eigenvalue weighted by Gasteiger charge is 2.18. The van der Waals surface area contributed by atoms with Crippen LogP contribution < -0.4 is 11.1 Å². The number of nitrogens with zero attached hydrogens (tertiary/aromatic N) is 4. The van der Waals surface area contributed by atoms with Crippen LogP contribution in [0.3, 0.4) is 0 Å². The van der Waals surface area contributed by atoms with Gasteiger partial charge in [0, 0.05) is 37.6 Å². The van der Waals surface area contributed by atoms with Gasteiger partial charge in [0.1, 0.15) is 5.82 Å². The van der Waals surface area contributed by atoms with Crippen molar-refractivity contribution in [3.63, 3.8) is 0 Å². The molecular weight excluding hydrogens is 400 g/mol. The van der Waals surface area contributed by atoms with Crippen LogP contribution in [-0.2, 0) is 0 Å². The lowest BCUT2D eigenvalue weighted by atomic mass is 9.95. The molecule has 32 heavy (non-hydrogen) atoms. The molecule has 1 fully saturated rings. The fraction of sp³-hybridized carbons (Fsp3) is 0.400. The summed E-state index contributed by atoms with van der Waals surface area (Å²) in [5.74, 6) is 1.08. The van der Waals surface area contributed by atoms with E-state index in [1.54, 1.807) is 5.01 Å². The van der Waals surface area contributed by atoms with Crippen LogP contribution in [-0.4, -0.2) is 52.6 Å². The Morgan fingerprint density at radius 1 is 1.03 bits per heavy atom. The number of hydrogen-bond acceptors (Lipinski definition) is 6. The van der Waals surface area contributed by atoms with E-state index in [1.165, 1.54) is 19.3 Å². The molecule has 0 spiro atoms. The Morgan fingerprint density at radius 3 is 2.38 bits per heavy atom. The summed E-state index contributed by atoms with van der Waals surface area (Å²) in [4.78, 5) is 21.7. The molecule has 0 aliphatic heterocycles. The number of rotatable bonds is 6. The summed E-state index contributed by atoms with van der Waals surface area (Å²) >= 11 is 0. The average Bonchev–Trinajstić information content (AvgIpc) is 2.80. The molecule has 0 radical (unpaired) electrons. The maximum atomic E-state index is 12.8. The Bertz CT molecular complexity index is 1090. The van der Waals surface area contributed by atoms with Crippen molar-refractivity contribution in [2.75, 3.05) is 31.7 Å². The van der Waals surface area contributed by atoms with E-state index >= 15 is 0 Å². The van der Waals surface area contributed by atoms with E-state index in [-0.39, 0.29) is 11.9 Å². The summed E-state index contributed by atoms with van der Waals surface area (Å²) in [7, 11) is 3.75. The second kappa shape index (κ2) is 9.53. The van der Waals surface area contributed by atoms with Gasteiger partial charge in [0.25, 0.3) is 5.91 Å². The molecule has 3 N–H and O–H groups in total. The first kappa shape index (κ1) is 22.0. The zero-order valence-electron chi connectivity index (χ0n) is 19.1. The third-order valence-electron chi connectivity index (χ3n) is 6.14. The van der Waals surface area contributed by atoms with E-state index in [2.05, 4.69) is 21.4 Å². The van der Waals surface area contributed by atoms with Crippen LogP contribution in [0.2, 0.25) is 0 Å². The van der Waals surface area contributed by atoms with E-state index in [4.69, 9.17) is 5.73 Å². The molecule has 2 aromatic carbocycles. The quantitative estimate of drug-likeness (QED) is 0.555. The zero-order chi connectivity index (χ0) is 22.7. The van der Waals surface area contributed by atoms with E-state index in [9.17, 15) is 4.79 Å². The fourth-order valence-corrected chi connectivity index (χ4v) is 4.44. The van der Waals surface area contributed by atoms with Crippen LogP contribution in [0.15, 0.2) is 42.5 Å². The maximum absolute atomic E-state index is 12.8. The van der Waals surface area contributed by atoms with Gasteiger partial charge in [0.2, 0.25) is 5.95 Å². The lowest BCUT2D eigenvalue weighted by molar-refractivity contribution is 0.0230. The summed E-state index contributed by atoms with van der Waals surface area (Å²) in [6.07, 6.45) is 6.11. The van der Waals surface area contributed by atoms with Crippen molar-refractivity contribution in [2.24, 2.45) is 0 Å². The van der Waals surface area contributed by atoms with Crippen molar-refractivity contribution in [1.29, 1.82) is 0 Å². The van der Waals surface area contributed by atoms with Crippen molar-refractivity contribution in [3.05, 3.63) is 48.0 Å². The minimum Gasteiger partial charge on any atom is -0.368 e. The molecule has 168 valence electrons. The van der Waals surface area contributed by atoms with Gasteiger partial charge in [-0.1, -0.05) is 37.5 Å². The molecule has 1 heterocycles. The van der Waals surface area contributed by atoms with Crippen LogP contribution in [0.25, 0.3) is 22.0 Å². The molecule has 4 rings (SSSR count). The number of nitrogen functional groups attached to an aromatic ring is 1. The van der Waals surface area contributed by atoms with Crippen LogP contribution in [0.5, 0.6) is 0 Å². The first-order valence-electron chi connectivity index (χ1n) is 11.4. The zero-order valence-corrected chi connectivity index (χ0v) is 19.1. The van der Waals surface area contributed by atoms with Crippen LogP contribution >= 0.6 is 0 Å². The van der Waals surface area contributed by atoms with Gasteiger partial charge < -0.3 is 11.1 Å². The number of nitrogens with two attached hydrogens (primary N) is 1. The van der Waals surface area contributed by atoms with E-state index < -0.39 is 0 Å². The normalized spacial score (nSPS) is 14.6. The number of carbonyl (C=O) groups is 1. The minimum atomic E-state index is -0.00888. The van der Waals surface area contributed by atoms with E-state index in [1.807, 2.05) is 62.4 Å². The smallest absolute Gasteiger partial charge is 0.268 e. The van der Waals surface area contributed by atoms with Gasteiger partial charge in [0.05, 0.1) is 5.52 Å². The second-order valence-corrected chi connectivity index (χ2v) is 8.59. The summed E-state index contributed by atoms with van der Waals surface area (Å²) in [6.45, 7) is 2.59. The summed E-state index contributed by atoms with van der Waals surface area (Å²) in [6, 6.07) is 14.3. The van der Waals surface area contributed by atoms with Crippen LogP contribution in [0.4, 0.5) is 11.8 Å². The summed E-state index contributed by atoms with van der Waals surface area (Å²) < 4.78 is 0. The van der Waals surface area contributed by atoms with Gasteiger partial charge in [-0.05, 0) is 55.2 Å². The molecule has 0 unspecified atom stereocenters. The number of benzene rings is 2. The summed E-state index contributed by atoms with van der Waals surface area (Å²) in [5, 5.41) is 8.09. The van der Waals surface area contributed by atoms with E-state index in [0.717, 1.165) is 40.7 Å². The van der Waals surface area contributed by atoms with Crippen molar-refractivity contribution in [3.8, 4) is 11.1 Å². The van der Waals surface area contributed by atoms with E-state index in [0.29, 0.717) is 18.2 Å². The van der Waals surface area contributed by atoms with Gasteiger partial charge in [-0.15, -0.1) is 0 Å². The molecule has 7 nitrogen and oxygen atoms in total. The first-order valence-corrected chi connectivity index (χ1v) is 11.4. The van der Waals surface area contributed by atoms with Gasteiger partial charge in [-0.3, -0.25) is 9.80 Å². The number of fused-ring (bicyclic) bond motifs is 1. The predicted octanol–water partition coefficient (Wildman–Crippen LogP) is 4.56. The molecule has 3 aromatic rings. The predicted molar refractivity (Wildman–Crippen MR) is 130 cm³/mol. The van der Waals surface area contributed by atoms with Gasteiger partial charge in [0.15, 0.2) is 0 Å². The maximum Gasteiger partial charge on any atom is 0.268 e. The Kier molecular flexibility index (Phi) is 6.55. The van der Waals surface area contributed by atoms with Crippen molar-refractivity contribution >= 4 is 28.6 Å². The monoisotopic (exact) mass is 432 g/mol. The van der Waals surface area contributed by atoms with Crippen molar-refractivity contribution in [1.82, 2.24) is 20.0 Å². The highest BCUT2D eigenvalue weighted by atomic mass is 16.2. The molecular formula is C25H32N6O. The molecule has 1 amide bonds. The van der Waals surface area contributed by atoms with Crippen LogP contribution in [0.1, 0.15) is 49.4 Å². The summed E-state index contributed by atoms with van der Waals surface area (Å²) in [5.41, 5.74) is 9.57. The minimum absolute atomic E-state index is 0.00888. The largest absolute Gasteiger partial charge is 0.368 e. The Labute approximate surface area is 189 Å². The number of amides is 1. The molecule has 1 aromatic heterocycles. The number of anilines is 2. The number of nitrogens with one attached hydrogen (secondary N) is 1. The van der Waals surface area contributed by atoms with Crippen LogP contribution in [0, 0.1) is 0 Å². The van der Waals surface area contributed by atoms with Crippen molar-refractivity contribution < 1.29 is 4.79 Å². The Morgan fingerprint density at radius 2 is 1.72 bits per heavy atom. The molecule has 1 aliphatic carbocycles. The molecule has 0 bridgehead atoms. The number of aromatic nitrogens is 2. The van der Waals surface area contributed by atoms with Crippen molar-refractivity contribution in [2.45, 2.75) is 45.1 Å². The Hall–Kier alpha value is -3.19. The molecule has 0 saturated heterocycles. The average molecular weight is 433 g/mol. The Balaban J connectivity index is 1.63. The molecule has 7 heteroatoms. The SMILES string of the molecule is CCN(C(=O)c1ccc(-c2ccc3nc(N)nc(NC4CCCCC4)c3c2)cc1)N(C)C. The lowest BCUT2D eigenvalue weighted by Crippen LogP contribution is -2.41. The third kappa shape index (κ3) is 4.67. The van der Waals surface area contributed by atoms with Gasteiger partial charge >= 0.3 is 0 Å². The number of hydrazine groups is 1. The van der Waals surface area contributed by atoms with Gasteiger partial charge in [-0.25, -0.2) is 9.99 Å². The molecule has 1 saturated carbocycles. The number of hydrogen-bond donors (Lipinski definition) is 2. The third-order valence-corrected chi connectivity index (χ3v) is 6.14. The highest BCUT2D eigenvalue weighted by Crippen LogP contribution is 2.30. The highest BCUT2D eigenvalue weighted by molar-refractivity contribution is 5.96. The molecule has 1 aliphatic rings. The fourth-order valence-electron chi connectivity index (χ4n) is 4.44. The second-order valence-electron chi connectivity index (χ2n) is 8.59. The topological polar surface area (TPSA) is 87.4 Å². The molecule has 0 atom stereocenters. The number of carbonyl (C=O) groups excluding carboxylic acids is 1.